The molecule has 2 aromatic rings. The molecule has 21 heavy (non-hydrogen) atoms. The van der Waals surface area contributed by atoms with Crippen molar-refractivity contribution in [2.45, 2.75) is 32.9 Å². The van der Waals surface area contributed by atoms with Gasteiger partial charge in [0.25, 0.3) is 6.20 Å². The van der Waals surface area contributed by atoms with Gasteiger partial charge in [-0.3, -0.25) is 9.84 Å². The molecule has 0 saturated heterocycles. The van der Waals surface area contributed by atoms with Gasteiger partial charge < -0.3 is 4.74 Å². The molecule has 0 spiro atoms. The van der Waals surface area contributed by atoms with Crippen molar-refractivity contribution in [2.75, 3.05) is 5.32 Å². The zero-order valence-electron chi connectivity index (χ0n) is 12.1. The third kappa shape index (κ3) is 4.87. The minimum Gasteiger partial charge on any atom is -0.444 e. The molecular weight excluding hydrogens is 277 g/mol. The number of carbonyl (C=O) groups is 1. The predicted molar refractivity (Wildman–Crippen MR) is 72.1 cm³/mol. The molecule has 0 aliphatic heterocycles. The maximum Gasteiger partial charge on any atom is 0.414 e. The van der Waals surface area contributed by atoms with Gasteiger partial charge in [0.1, 0.15) is 11.4 Å². The lowest BCUT2D eigenvalue weighted by molar-refractivity contribution is -0.754. The normalized spacial score (nSPS) is 11.2. The SMILES string of the molecule is CC(C)(C)OC(=O)Nc1c[n+](Cc2ccc(F)cc2)no1. The van der Waals surface area contributed by atoms with Crippen molar-refractivity contribution >= 4 is 12.0 Å². The van der Waals surface area contributed by atoms with Crippen molar-refractivity contribution in [3.05, 3.63) is 41.8 Å². The van der Waals surface area contributed by atoms with Crippen molar-refractivity contribution < 1.29 is 23.1 Å². The number of nitrogens with zero attached hydrogens (tertiary/aromatic N) is 2. The molecule has 0 fully saturated rings. The molecule has 1 N–H and O–H groups in total. The standard InChI is InChI=1S/C14H16FN3O3/c1-14(2,3)20-13(19)16-12-9-18(17-21-12)8-10-4-6-11(15)7-5-10/h4-7,9H,8H2,1-3H3/p+1. The summed E-state index contributed by atoms with van der Waals surface area (Å²) in [7, 11) is 0. The van der Waals surface area contributed by atoms with Gasteiger partial charge in [-0.15, -0.1) is 0 Å². The van der Waals surface area contributed by atoms with Crippen LogP contribution in [0.5, 0.6) is 0 Å². The van der Waals surface area contributed by atoms with Crippen LogP contribution in [0.2, 0.25) is 0 Å². The summed E-state index contributed by atoms with van der Waals surface area (Å²) < 4.78 is 24.4. The Morgan fingerprint density at radius 2 is 2.05 bits per heavy atom. The molecule has 0 aliphatic rings. The number of ether oxygens (including phenoxy) is 1. The molecule has 1 aromatic carbocycles. The summed E-state index contributed by atoms with van der Waals surface area (Å²) in [6.45, 7) is 5.70. The molecule has 112 valence electrons. The third-order valence-corrected chi connectivity index (χ3v) is 2.39. The van der Waals surface area contributed by atoms with E-state index in [1.54, 1.807) is 32.9 Å². The number of halogens is 1. The van der Waals surface area contributed by atoms with Gasteiger partial charge in [-0.2, -0.15) is 0 Å². The van der Waals surface area contributed by atoms with Crippen LogP contribution in [0.4, 0.5) is 15.1 Å². The maximum atomic E-state index is 12.8. The van der Waals surface area contributed by atoms with Gasteiger partial charge in [-0.05, 0) is 49.7 Å². The summed E-state index contributed by atoms with van der Waals surface area (Å²) in [5, 5.41) is 6.20. The Morgan fingerprint density at radius 1 is 1.38 bits per heavy atom. The Bertz CT molecular complexity index is 617. The number of anilines is 1. The largest absolute Gasteiger partial charge is 0.444 e. The fraction of sp³-hybridized carbons (Fsp3) is 0.357. The Balaban J connectivity index is 1.95. The summed E-state index contributed by atoms with van der Waals surface area (Å²) in [6, 6.07) is 6.04. The van der Waals surface area contributed by atoms with E-state index in [1.165, 1.54) is 23.0 Å². The van der Waals surface area contributed by atoms with Gasteiger partial charge in [-0.25, -0.2) is 9.18 Å². The lowest BCUT2D eigenvalue weighted by atomic mass is 10.2. The highest BCUT2D eigenvalue weighted by atomic mass is 19.1. The quantitative estimate of drug-likeness (QED) is 0.883. The van der Waals surface area contributed by atoms with E-state index in [0.717, 1.165) is 5.56 Å². The predicted octanol–water partition coefficient (Wildman–Crippen LogP) is 2.50. The van der Waals surface area contributed by atoms with E-state index in [1.807, 2.05) is 0 Å². The minimum absolute atomic E-state index is 0.173. The van der Waals surface area contributed by atoms with Crippen LogP contribution < -0.4 is 10.00 Å². The van der Waals surface area contributed by atoms with E-state index in [9.17, 15) is 9.18 Å². The first-order chi connectivity index (χ1) is 9.82. The molecule has 0 radical (unpaired) electrons. The topological polar surface area (TPSA) is 68.2 Å². The molecule has 7 heteroatoms. The molecule has 1 aromatic heterocycles. The molecule has 0 unspecified atom stereocenters. The Hall–Kier alpha value is -2.44. The molecule has 6 nitrogen and oxygen atoms in total. The molecule has 2 rings (SSSR count). The average molecular weight is 294 g/mol. The number of aromatic nitrogens is 2. The summed E-state index contributed by atoms with van der Waals surface area (Å²) in [5.74, 6) is -0.123. The highest BCUT2D eigenvalue weighted by Gasteiger charge is 2.20. The van der Waals surface area contributed by atoms with Crippen LogP contribution in [-0.4, -0.2) is 17.0 Å². The maximum absolute atomic E-state index is 12.8. The zero-order valence-corrected chi connectivity index (χ0v) is 12.1. The van der Waals surface area contributed by atoms with Gasteiger partial charge in [0.05, 0.1) is 0 Å². The first kappa shape index (κ1) is 15.0. The van der Waals surface area contributed by atoms with Gasteiger partial charge in [0.2, 0.25) is 11.8 Å². The van der Waals surface area contributed by atoms with Crippen LogP contribution in [0, 0.1) is 5.82 Å². The molecule has 1 amide bonds. The number of amides is 1. The summed E-state index contributed by atoms with van der Waals surface area (Å²) in [5.41, 5.74) is 0.271. The summed E-state index contributed by atoms with van der Waals surface area (Å²) in [6.07, 6.45) is 0.903. The van der Waals surface area contributed by atoms with Crippen molar-refractivity contribution in [2.24, 2.45) is 0 Å². The molecule has 0 saturated carbocycles. The number of benzene rings is 1. The number of hydrogen-bond acceptors (Lipinski definition) is 4. The third-order valence-electron chi connectivity index (χ3n) is 2.39. The average Bonchev–Trinajstić information content (AvgIpc) is 2.77. The van der Waals surface area contributed by atoms with E-state index in [-0.39, 0.29) is 11.7 Å². The number of rotatable bonds is 3. The van der Waals surface area contributed by atoms with Gasteiger partial charge in [0.15, 0.2) is 0 Å². The Labute approximate surface area is 121 Å². The van der Waals surface area contributed by atoms with E-state index < -0.39 is 11.7 Å². The van der Waals surface area contributed by atoms with Crippen LogP contribution in [-0.2, 0) is 11.3 Å². The zero-order chi connectivity index (χ0) is 15.5. The second kappa shape index (κ2) is 5.90. The van der Waals surface area contributed by atoms with Crippen molar-refractivity contribution in [1.82, 2.24) is 5.27 Å². The summed E-state index contributed by atoms with van der Waals surface area (Å²) >= 11 is 0. The molecular formula is C14H17FN3O3+. The van der Waals surface area contributed by atoms with Crippen molar-refractivity contribution in [3.8, 4) is 0 Å². The fourth-order valence-corrected chi connectivity index (χ4v) is 1.59. The Morgan fingerprint density at radius 3 is 2.67 bits per heavy atom. The minimum atomic E-state index is -0.618. The van der Waals surface area contributed by atoms with Crippen molar-refractivity contribution in [1.29, 1.82) is 0 Å². The van der Waals surface area contributed by atoms with Crippen LogP contribution >= 0.6 is 0 Å². The highest BCUT2D eigenvalue weighted by Crippen LogP contribution is 2.10. The van der Waals surface area contributed by atoms with Crippen molar-refractivity contribution in [3.63, 3.8) is 0 Å². The lowest BCUT2D eigenvalue weighted by Crippen LogP contribution is -2.35. The van der Waals surface area contributed by atoms with E-state index in [4.69, 9.17) is 9.26 Å². The first-order valence-electron chi connectivity index (χ1n) is 6.43. The van der Waals surface area contributed by atoms with Gasteiger partial charge in [0, 0.05) is 5.56 Å². The van der Waals surface area contributed by atoms with Gasteiger partial charge >= 0.3 is 12.0 Å². The monoisotopic (exact) mass is 294 g/mol. The van der Waals surface area contributed by atoms with E-state index in [0.29, 0.717) is 6.54 Å². The van der Waals surface area contributed by atoms with Crippen LogP contribution in [0.1, 0.15) is 26.3 Å². The number of carbonyl (C=O) groups excluding carboxylic acids is 1. The molecule has 0 bridgehead atoms. The number of hydrogen-bond donors (Lipinski definition) is 1. The van der Waals surface area contributed by atoms with E-state index >= 15 is 0 Å². The van der Waals surface area contributed by atoms with Crippen LogP contribution in [0.15, 0.2) is 35.0 Å². The summed E-state index contributed by atoms with van der Waals surface area (Å²) in [4.78, 5) is 11.6. The highest BCUT2D eigenvalue weighted by molar-refractivity contribution is 5.82. The smallest absolute Gasteiger partial charge is 0.414 e. The lowest BCUT2D eigenvalue weighted by Gasteiger charge is -2.18. The van der Waals surface area contributed by atoms with Crippen LogP contribution in [0.25, 0.3) is 0 Å². The van der Waals surface area contributed by atoms with Gasteiger partial charge in [-0.1, -0.05) is 0 Å². The number of nitrogens with one attached hydrogen (secondary N) is 1. The second-order valence-corrected chi connectivity index (χ2v) is 5.52. The molecule has 0 aliphatic carbocycles. The Kier molecular flexibility index (Phi) is 4.21. The fourth-order valence-electron chi connectivity index (χ4n) is 1.59. The van der Waals surface area contributed by atoms with E-state index in [2.05, 4.69) is 10.6 Å². The second-order valence-electron chi connectivity index (χ2n) is 5.52. The van der Waals surface area contributed by atoms with Crippen LogP contribution in [0.3, 0.4) is 0 Å². The first-order valence-corrected chi connectivity index (χ1v) is 6.43. The molecule has 0 atom stereocenters. The molecule has 1 heterocycles.